The Morgan fingerprint density at radius 2 is 2.05 bits per heavy atom. The van der Waals surface area contributed by atoms with Gasteiger partial charge in [-0.3, -0.25) is 5.32 Å². The van der Waals surface area contributed by atoms with Gasteiger partial charge in [0, 0.05) is 17.1 Å². The van der Waals surface area contributed by atoms with Crippen molar-refractivity contribution in [1.82, 2.24) is 14.7 Å². The van der Waals surface area contributed by atoms with Crippen LogP contribution >= 0.6 is 11.5 Å². The second-order valence-electron chi connectivity index (χ2n) is 3.52. The summed E-state index contributed by atoms with van der Waals surface area (Å²) in [5.41, 5.74) is 0.819. The van der Waals surface area contributed by atoms with E-state index in [0.717, 1.165) is 17.1 Å². The summed E-state index contributed by atoms with van der Waals surface area (Å²) in [6, 6.07) is 8.51. The summed E-state index contributed by atoms with van der Waals surface area (Å²) in [5.74, 6) is 0.481. The molecular weight excluding hydrogens is 274 g/mol. The van der Waals surface area contributed by atoms with E-state index in [4.69, 9.17) is 0 Å². The van der Waals surface area contributed by atoms with Gasteiger partial charge in [0.25, 0.3) is 6.43 Å². The fraction of sp³-hybridized carbons (Fsp3) is 0.182. The molecule has 100 valence electrons. The lowest BCUT2D eigenvalue weighted by Gasteiger charge is -2.03. The predicted octanol–water partition coefficient (Wildman–Crippen LogP) is 2.59. The Labute approximate surface area is 111 Å². The average Bonchev–Trinajstić information content (AvgIpc) is 2.86. The van der Waals surface area contributed by atoms with Gasteiger partial charge in [0.2, 0.25) is 5.13 Å². The van der Waals surface area contributed by atoms with Crippen LogP contribution < -0.4 is 10.6 Å². The summed E-state index contributed by atoms with van der Waals surface area (Å²) in [7, 11) is 0. The molecule has 2 rings (SSSR count). The second kappa shape index (κ2) is 6.19. The molecule has 19 heavy (non-hydrogen) atoms. The van der Waals surface area contributed by atoms with Gasteiger partial charge in [0.05, 0.1) is 6.54 Å². The summed E-state index contributed by atoms with van der Waals surface area (Å²) >= 11 is 0.986. The van der Waals surface area contributed by atoms with E-state index in [-0.39, 0.29) is 5.13 Å². The molecule has 2 N–H and O–H groups in total. The fourth-order valence-electron chi connectivity index (χ4n) is 1.29. The molecule has 2 amide bonds. The Balaban J connectivity index is 1.96. The van der Waals surface area contributed by atoms with Gasteiger partial charge < -0.3 is 5.32 Å². The molecule has 0 aliphatic rings. The van der Waals surface area contributed by atoms with Gasteiger partial charge in [0.15, 0.2) is 5.82 Å². The molecular formula is C11H10F2N4OS. The van der Waals surface area contributed by atoms with E-state index in [1.165, 1.54) is 0 Å². The molecule has 0 atom stereocenters. The molecule has 2 aromatic rings. The van der Waals surface area contributed by atoms with Crippen molar-refractivity contribution < 1.29 is 13.6 Å². The van der Waals surface area contributed by atoms with Gasteiger partial charge in [-0.05, 0) is 0 Å². The largest absolute Gasteiger partial charge is 0.332 e. The smallest absolute Gasteiger partial charge is 0.321 e. The Kier molecular flexibility index (Phi) is 4.35. The highest BCUT2D eigenvalue weighted by Gasteiger charge is 2.10. The standard InChI is InChI=1S/C11H10F2N4OS/c12-8(13)6-14-10(18)16-11-15-9(17-19-11)7-4-2-1-3-5-7/h1-5,8H,6H2,(H2,14,15,16,17,18). The minimum atomic E-state index is -2.58. The van der Waals surface area contributed by atoms with Crippen molar-refractivity contribution in [2.45, 2.75) is 6.43 Å². The van der Waals surface area contributed by atoms with Crippen LogP contribution in [0.25, 0.3) is 11.4 Å². The van der Waals surface area contributed by atoms with Gasteiger partial charge in [-0.1, -0.05) is 30.3 Å². The lowest BCUT2D eigenvalue weighted by molar-refractivity contribution is 0.148. The molecule has 0 saturated heterocycles. The molecule has 0 fully saturated rings. The van der Waals surface area contributed by atoms with Gasteiger partial charge in [-0.2, -0.15) is 9.36 Å². The van der Waals surface area contributed by atoms with Gasteiger partial charge in [-0.15, -0.1) is 0 Å². The molecule has 0 radical (unpaired) electrons. The third kappa shape index (κ3) is 3.95. The lowest BCUT2D eigenvalue weighted by atomic mass is 10.2. The summed E-state index contributed by atoms with van der Waals surface area (Å²) in [6.45, 7) is -0.698. The number of hydrogen-bond acceptors (Lipinski definition) is 4. The van der Waals surface area contributed by atoms with Crippen LogP contribution in [0.3, 0.4) is 0 Å². The number of amides is 2. The number of carbonyl (C=O) groups is 1. The highest BCUT2D eigenvalue weighted by atomic mass is 32.1. The molecule has 0 saturated carbocycles. The van der Waals surface area contributed by atoms with Gasteiger partial charge in [0.1, 0.15) is 0 Å². The molecule has 1 heterocycles. The van der Waals surface area contributed by atoms with Crippen LogP contribution in [-0.2, 0) is 0 Å². The first-order chi connectivity index (χ1) is 9.15. The molecule has 0 spiro atoms. The number of urea groups is 1. The fourth-order valence-corrected chi connectivity index (χ4v) is 1.87. The number of nitrogens with zero attached hydrogens (tertiary/aromatic N) is 2. The first kappa shape index (κ1) is 13.3. The van der Waals surface area contributed by atoms with Crippen LogP contribution in [0.5, 0.6) is 0 Å². The van der Waals surface area contributed by atoms with Crippen LogP contribution in [-0.4, -0.2) is 28.4 Å². The van der Waals surface area contributed by atoms with Gasteiger partial charge >= 0.3 is 6.03 Å². The van der Waals surface area contributed by atoms with Crippen LogP contribution in [0.2, 0.25) is 0 Å². The first-order valence-electron chi connectivity index (χ1n) is 5.37. The maximum atomic E-state index is 11.9. The molecule has 1 aromatic heterocycles. The van der Waals surface area contributed by atoms with Gasteiger partial charge in [-0.25, -0.2) is 13.6 Å². The Bertz CT molecular complexity index is 547. The average molecular weight is 284 g/mol. The predicted molar refractivity (Wildman–Crippen MR) is 68.4 cm³/mol. The number of benzene rings is 1. The van der Waals surface area contributed by atoms with E-state index in [9.17, 15) is 13.6 Å². The maximum absolute atomic E-state index is 11.9. The molecule has 0 unspecified atom stereocenters. The second-order valence-corrected chi connectivity index (χ2v) is 4.27. The minimum absolute atomic E-state index is 0.255. The topological polar surface area (TPSA) is 66.9 Å². The third-order valence-electron chi connectivity index (χ3n) is 2.10. The monoisotopic (exact) mass is 284 g/mol. The zero-order chi connectivity index (χ0) is 13.7. The summed E-state index contributed by atoms with van der Waals surface area (Å²) in [6.07, 6.45) is -2.58. The van der Waals surface area contributed by atoms with Crippen molar-refractivity contribution in [2.24, 2.45) is 0 Å². The van der Waals surface area contributed by atoms with E-state index >= 15 is 0 Å². The highest BCUT2D eigenvalue weighted by molar-refractivity contribution is 7.10. The number of hydrogen-bond donors (Lipinski definition) is 2. The minimum Gasteiger partial charge on any atom is -0.332 e. The van der Waals surface area contributed by atoms with Crippen molar-refractivity contribution in [2.75, 3.05) is 11.9 Å². The number of nitrogens with one attached hydrogen (secondary N) is 2. The molecule has 0 aliphatic carbocycles. The molecule has 8 heteroatoms. The van der Waals surface area contributed by atoms with E-state index in [1.807, 2.05) is 35.6 Å². The summed E-state index contributed by atoms with van der Waals surface area (Å²) in [4.78, 5) is 15.3. The normalized spacial score (nSPS) is 10.5. The number of alkyl halides is 2. The Morgan fingerprint density at radius 1 is 1.32 bits per heavy atom. The molecule has 0 bridgehead atoms. The van der Waals surface area contributed by atoms with Crippen molar-refractivity contribution in [1.29, 1.82) is 0 Å². The third-order valence-corrected chi connectivity index (χ3v) is 2.73. The summed E-state index contributed by atoms with van der Waals surface area (Å²) < 4.78 is 27.9. The Hall–Kier alpha value is -2.09. The number of aromatic nitrogens is 2. The van der Waals surface area contributed by atoms with Crippen molar-refractivity contribution >= 4 is 22.7 Å². The number of anilines is 1. The van der Waals surface area contributed by atoms with Crippen LogP contribution in [0.1, 0.15) is 0 Å². The zero-order valence-electron chi connectivity index (χ0n) is 9.64. The maximum Gasteiger partial charge on any atom is 0.321 e. The van der Waals surface area contributed by atoms with Crippen LogP contribution in [0.15, 0.2) is 30.3 Å². The Morgan fingerprint density at radius 3 is 2.74 bits per heavy atom. The zero-order valence-corrected chi connectivity index (χ0v) is 10.5. The van der Waals surface area contributed by atoms with Crippen molar-refractivity contribution in [3.63, 3.8) is 0 Å². The molecule has 1 aromatic carbocycles. The van der Waals surface area contributed by atoms with Crippen molar-refractivity contribution in [3.05, 3.63) is 30.3 Å². The number of rotatable bonds is 4. The summed E-state index contributed by atoms with van der Waals surface area (Å²) in [5, 5.41) is 4.62. The van der Waals surface area contributed by atoms with E-state index in [1.54, 1.807) is 0 Å². The first-order valence-corrected chi connectivity index (χ1v) is 6.14. The van der Waals surface area contributed by atoms with Crippen LogP contribution in [0, 0.1) is 0 Å². The molecule has 0 aliphatic heterocycles. The number of carbonyl (C=O) groups excluding carboxylic acids is 1. The SMILES string of the molecule is O=C(NCC(F)F)Nc1nc(-c2ccccc2)ns1. The van der Waals surface area contributed by atoms with Crippen LogP contribution in [0.4, 0.5) is 18.7 Å². The quantitative estimate of drug-likeness (QED) is 0.906. The van der Waals surface area contributed by atoms with E-state index < -0.39 is 19.0 Å². The highest BCUT2D eigenvalue weighted by Crippen LogP contribution is 2.20. The van der Waals surface area contributed by atoms with E-state index in [2.05, 4.69) is 14.7 Å². The van der Waals surface area contributed by atoms with Crippen molar-refractivity contribution in [3.8, 4) is 11.4 Å². The number of halogens is 2. The lowest BCUT2D eigenvalue weighted by Crippen LogP contribution is -2.32. The van der Waals surface area contributed by atoms with E-state index in [0.29, 0.717) is 5.82 Å². The molecule has 5 nitrogen and oxygen atoms in total.